The Labute approximate surface area is 87.9 Å². The van der Waals surface area contributed by atoms with E-state index in [2.05, 4.69) is 0 Å². The van der Waals surface area contributed by atoms with E-state index in [1.165, 1.54) is 33.5 Å². The zero-order valence-corrected chi connectivity index (χ0v) is 8.94. The van der Waals surface area contributed by atoms with Gasteiger partial charge in [-0.3, -0.25) is 0 Å². The second kappa shape index (κ2) is 4.46. The van der Waals surface area contributed by atoms with Crippen molar-refractivity contribution in [1.82, 2.24) is 0 Å². The average Bonchev–Trinajstić information content (AvgIpc) is 2.27. The van der Waals surface area contributed by atoms with Gasteiger partial charge < -0.3 is 19.3 Å². The van der Waals surface area contributed by atoms with Crippen LogP contribution in [0.25, 0.3) is 0 Å². The van der Waals surface area contributed by atoms with Crippen molar-refractivity contribution in [2.24, 2.45) is 0 Å². The highest BCUT2D eigenvalue weighted by Gasteiger charge is 2.38. The van der Waals surface area contributed by atoms with Crippen LogP contribution in [0.2, 0.25) is 0 Å². The van der Waals surface area contributed by atoms with Gasteiger partial charge >= 0.3 is 5.97 Å². The average molecular weight is 214 g/mol. The van der Waals surface area contributed by atoms with E-state index in [4.69, 9.17) is 19.3 Å². The Balaban J connectivity index is 3.04. The minimum absolute atomic E-state index is 0.177. The molecule has 0 saturated carbocycles. The van der Waals surface area contributed by atoms with E-state index >= 15 is 0 Å². The fourth-order valence-electron chi connectivity index (χ4n) is 1.47. The van der Waals surface area contributed by atoms with E-state index in [9.17, 15) is 4.79 Å². The van der Waals surface area contributed by atoms with E-state index in [0.717, 1.165) is 0 Å². The monoisotopic (exact) mass is 214 g/mol. The van der Waals surface area contributed by atoms with Gasteiger partial charge in [-0.15, -0.1) is 0 Å². The topological polar surface area (TPSA) is 65.0 Å². The number of rotatable bonds is 4. The summed E-state index contributed by atoms with van der Waals surface area (Å²) in [6.07, 6.45) is 3.25. The lowest BCUT2D eigenvalue weighted by atomic mass is 9.99. The molecule has 1 N–H and O–H groups in total. The molecular weight excluding hydrogens is 200 g/mol. The maximum atomic E-state index is 10.8. The highest BCUT2D eigenvalue weighted by atomic mass is 16.7. The fraction of sp³-hybridized carbons (Fsp3) is 0.500. The van der Waals surface area contributed by atoms with E-state index in [1.54, 1.807) is 0 Å². The molecule has 0 atom stereocenters. The van der Waals surface area contributed by atoms with Gasteiger partial charge in [-0.1, -0.05) is 6.08 Å². The Morgan fingerprint density at radius 2 is 2.00 bits per heavy atom. The van der Waals surface area contributed by atoms with Gasteiger partial charge in [-0.2, -0.15) is 0 Å². The molecule has 0 aliphatic heterocycles. The van der Waals surface area contributed by atoms with E-state index in [0.29, 0.717) is 12.2 Å². The number of methoxy groups -OCH3 is 3. The van der Waals surface area contributed by atoms with E-state index in [1.807, 2.05) is 0 Å². The SMILES string of the molecule is COC1=CC(C(=O)O)=CCC1(OC)OC. The first-order chi connectivity index (χ1) is 7.09. The van der Waals surface area contributed by atoms with Crippen LogP contribution in [0.5, 0.6) is 0 Å². The summed E-state index contributed by atoms with van der Waals surface area (Å²) in [5.74, 6) is -1.65. The lowest BCUT2D eigenvalue weighted by Crippen LogP contribution is -2.38. The number of carboxylic acid groups (broad SMARTS) is 1. The van der Waals surface area contributed by atoms with Crippen LogP contribution in [-0.2, 0) is 19.0 Å². The van der Waals surface area contributed by atoms with Gasteiger partial charge in [0.1, 0.15) is 0 Å². The van der Waals surface area contributed by atoms with E-state index in [-0.39, 0.29) is 5.57 Å². The normalized spacial score (nSPS) is 19.1. The van der Waals surface area contributed by atoms with Gasteiger partial charge in [0.2, 0.25) is 5.79 Å². The Kier molecular flexibility index (Phi) is 3.49. The van der Waals surface area contributed by atoms with Crippen molar-refractivity contribution < 1.29 is 24.1 Å². The van der Waals surface area contributed by atoms with Crippen molar-refractivity contribution in [2.45, 2.75) is 12.2 Å². The van der Waals surface area contributed by atoms with Crippen molar-refractivity contribution >= 4 is 5.97 Å². The molecule has 1 aliphatic rings. The molecule has 0 saturated heterocycles. The molecule has 5 nitrogen and oxygen atoms in total. The van der Waals surface area contributed by atoms with Crippen molar-refractivity contribution in [3.8, 4) is 0 Å². The second-order valence-corrected chi connectivity index (χ2v) is 3.04. The summed E-state index contributed by atoms with van der Waals surface area (Å²) < 4.78 is 15.5. The summed E-state index contributed by atoms with van der Waals surface area (Å²) >= 11 is 0. The Hall–Kier alpha value is -1.33. The van der Waals surface area contributed by atoms with Crippen molar-refractivity contribution in [3.05, 3.63) is 23.5 Å². The number of hydrogen-bond acceptors (Lipinski definition) is 4. The van der Waals surface area contributed by atoms with Gasteiger partial charge in [0.15, 0.2) is 5.76 Å². The number of ether oxygens (including phenoxy) is 3. The van der Waals surface area contributed by atoms with Crippen LogP contribution in [-0.4, -0.2) is 38.2 Å². The third-order valence-electron chi connectivity index (χ3n) is 2.38. The molecule has 0 unspecified atom stereocenters. The maximum absolute atomic E-state index is 10.8. The van der Waals surface area contributed by atoms with Gasteiger partial charge in [-0.25, -0.2) is 4.79 Å². The molecule has 0 fully saturated rings. The second-order valence-electron chi connectivity index (χ2n) is 3.04. The molecule has 0 heterocycles. The third kappa shape index (κ3) is 2.03. The highest BCUT2D eigenvalue weighted by molar-refractivity contribution is 5.90. The van der Waals surface area contributed by atoms with Crippen LogP contribution in [0.1, 0.15) is 6.42 Å². The zero-order valence-electron chi connectivity index (χ0n) is 8.94. The molecule has 5 heteroatoms. The van der Waals surface area contributed by atoms with Crippen LogP contribution in [0, 0.1) is 0 Å². The lowest BCUT2D eigenvalue weighted by molar-refractivity contribution is -0.198. The Morgan fingerprint density at radius 3 is 2.40 bits per heavy atom. The minimum atomic E-state index is -1.01. The van der Waals surface area contributed by atoms with E-state index < -0.39 is 11.8 Å². The van der Waals surface area contributed by atoms with Crippen molar-refractivity contribution in [2.75, 3.05) is 21.3 Å². The van der Waals surface area contributed by atoms with Gasteiger partial charge in [0.25, 0.3) is 0 Å². The highest BCUT2D eigenvalue weighted by Crippen LogP contribution is 2.32. The first-order valence-electron chi connectivity index (χ1n) is 4.39. The smallest absolute Gasteiger partial charge is 0.335 e. The van der Waals surface area contributed by atoms with Crippen molar-refractivity contribution in [3.63, 3.8) is 0 Å². The fourth-order valence-corrected chi connectivity index (χ4v) is 1.47. The minimum Gasteiger partial charge on any atom is -0.495 e. The first kappa shape index (κ1) is 11.7. The molecule has 0 aromatic carbocycles. The molecule has 0 radical (unpaired) electrons. The molecule has 15 heavy (non-hydrogen) atoms. The molecular formula is C10H14O5. The van der Waals surface area contributed by atoms with Crippen LogP contribution < -0.4 is 0 Å². The lowest BCUT2D eigenvalue weighted by Gasteiger charge is -2.33. The number of hydrogen-bond donors (Lipinski definition) is 1. The van der Waals surface area contributed by atoms with Crippen LogP contribution in [0.4, 0.5) is 0 Å². The Morgan fingerprint density at radius 1 is 1.40 bits per heavy atom. The zero-order chi connectivity index (χ0) is 11.5. The molecule has 0 aromatic rings. The standard InChI is InChI=1S/C10H14O5/c1-13-8-6-7(9(11)12)4-5-10(8,14-2)15-3/h4,6H,5H2,1-3H3,(H,11,12). The van der Waals surface area contributed by atoms with Gasteiger partial charge in [-0.05, 0) is 6.08 Å². The molecule has 84 valence electrons. The molecule has 1 aliphatic carbocycles. The summed E-state index contributed by atoms with van der Waals surface area (Å²) in [5.41, 5.74) is 0.177. The summed E-state index contributed by atoms with van der Waals surface area (Å²) in [6.45, 7) is 0. The quantitative estimate of drug-likeness (QED) is 0.705. The van der Waals surface area contributed by atoms with Crippen molar-refractivity contribution in [1.29, 1.82) is 0 Å². The Bertz CT molecular complexity index is 312. The van der Waals surface area contributed by atoms with Crippen LogP contribution in [0.15, 0.2) is 23.5 Å². The summed E-state index contributed by atoms with van der Waals surface area (Å²) in [7, 11) is 4.41. The molecule has 1 rings (SSSR count). The predicted molar refractivity (Wildman–Crippen MR) is 52.2 cm³/mol. The molecule has 0 spiro atoms. The van der Waals surface area contributed by atoms with Gasteiger partial charge in [0, 0.05) is 20.6 Å². The number of carboxylic acids is 1. The summed E-state index contributed by atoms with van der Waals surface area (Å²) in [4.78, 5) is 10.8. The molecule has 0 aromatic heterocycles. The summed E-state index contributed by atoms with van der Waals surface area (Å²) in [5, 5.41) is 8.82. The first-order valence-corrected chi connectivity index (χ1v) is 4.39. The van der Waals surface area contributed by atoms with Gasteiger partial charge in [0.05, 0.1) is 12.7 Å². The largest absolute Gasteiger partial charge is 0.495 e. The number of aliphatic carboxylic acids is 1. The number of carbonyl (C=O) groups is 1. The predicted octanol–water partition coefficient (Wildman–Crippen LogP) is 0.920. The molecule has 0 amide bonds. The maximum Gasteiger partial charge on any atom is 0.335 e. The third-order valence-corrected chi connectivity index (χ3v) is 2.38. The summed E-state index contributed by atoms with van der Waals surface area (Å²) in [6, 6.07) is 0. The van der Waals surface area contributed by atoms with Crippen LogP contribution in [0.3, 0.4) is 0 Å². The molecule has 0 bridgehead atoms. The van der Waals surface area contributed by atoms with Crippen LogP contribution >= 0.6 is 0 Å².